The summed E-state index contributed by atoms with van der Waals surface area (Å²) in [5, 5.41) is 2.05. The van der Waals surface area contributed by atoms with Gasteiger partial charge in [0.15, 0.2) is 0 Å². The molecular weight excluding hydrogens is 260 g/mol. The fraction of sp³-hybridized carbons (Fsp3) is 0. The number of rotatable bonds is 2. The van der Waals surface area contributed by atoms with Crippen LogP contribution in [-0.4, -0.2) is 9.97 Å². The Morgan fingerprint density at radius 2 is 1.89 bits per heavy atom. The van der Waals surface area contributed by atoms with Crippen LogP contribution in [0.3, 0.4) is 0 Å². The van der Waals surface area contributed by atoms with Crippen LogP contribution in [0.5, 0.6) is 0 Å². The zero-order valence-corrected chi connectivity index (χ0v) is 11.1. The highest BCUT2D eigenvalue weighted by atomic mass is 32.1. The summed E-state index contributed by atoms with van der Waals surface area (Å²) in [4.78, 5) is 8.88. The molecule has 0 aliphatic heterocycles. The summed E-state index contributed by atoms with van der Waals surface area (Å²) in [5.41, 5.74) is 2.06. The van der Waals surface area contributed by atoms with Crippen LogP contribution in [0.1, 0.15) is 0 Å². The summed E-state index contributed by atoms with van der Waals surface area (Å²) in [6, 6.07) is 16.0. The van der Waals surface area contributed by atoms with Crippen LogP contribution >= 0.6 is 23.6 Å². The molecule has 2 nitrogen and oxygen atoms in total. The number of aromatic nitrogens is 2. The molecule has 0 saturated carbocycles. The SMILES string of the molecule is S=c1cc(-c2cccs2)[nH]c(-c2ccccc2)n1. The van der Waals surface area contributed by atoms with Crippen molar-refractivity contribution in [2.24, 2.45) is 0 Å². The predicted molar refractivity (Wildman–Crippen MR) is 78.2 cm³/mol. The van der Waals surface area contributed by atoms with Gasteiger partial charge in [-0.2, -0.15) is 0 Å². The number of aromatic amines is 1. The van der Waals surface area contributed by atoms with Crippen molar-refractivity contribution in [3.8, 4) is 22.0 Å². The lowest BCUT2D eigenvalue weighted by molar-refractivity contribution is 1.17. The lowest BCUT2D eigenvalue weighted by Crippen LogP contribution is -1.91. The molecule has 0 amide bonds. The first-order chi connectivity index (χ1) is 8.83. The zero-order valence-electron chi connectivity index (χ0n) is 9.46. The Labute approximate surface area is 114 Å². The Kier molecular flexibility index (Phi) is 3.04. The number of benzene rings is 1. The van der Waals surface area contributed by atoms with E-state index >= 15 is 0 Å². The van der Waals surface area contributed by atoms with Gasteiger partial charge in [0.25, 0.3) is 0 Å². The summed E-state index contributed by atoms with van der Waals surface area (Å²) in [6.07, 6.45) is 0. The van der Waals surface area contributed by atoms with Crippen molar-refractivity contribution in [2.75, 3.05) is 0 Å². The minimum atomic E-state index is 0.607. The third-order valence-corrected chi connectivity index (χ3v) is 3.69. The Bertz CT molecular complexity index is 700. The standard InChI is InChI=1S/C14H10N2S2/c17-13-9-11(12-7-4-8-18-12)15-14(16-13)10-5-2-1-3-6-10/h1-9H,(H,15,16,17). The smallest absolute Gasteiger partial charge is 0.139 e. The van der Waals surface area contributed by atoms with Crippen molar-refractivity contribution < 1.29 is 0 Å². The van der Waals surface area contributed by atoms with E-state index in [1.807, 2.05) is 42.5 Å². The molecule has 0 aliphatic carbocycles. The Morgan fingerprint density at radius 3 is 2.61 bits per heavy atom. The lowest BCUT2D eigenvalue weighted by atomic mass is 10.2. The molecule has 3 aromatic rings. The number of H-pyrrole nitrogens is 1. The van der Waals surface area contributed by atoms with Crippen LogP contribution in [0.4, 0.5) is 0 Å². The van der Waals surface area contributed by atoms with E-state index in [0.29, 0.717) is 4.64 Å². The highest BCUT2D eigenvalue weighted by molar-refractivity contribution is 7.71. The van der Waals surface area contributed by atoms with E-state index in [4.69, 9.17) is 12.2 Å². The molecule has 0 spiro atoms. The predicted octanol–water partition coefficient (Wildman–Crippen LogP) is 4.53. The quantitative estimate of drug-likeness (QED) is 0.693. The number of nitrogens with one attached hydrogen (secondary N) is 1. The van der Waals surface area contributed by atoms with Crippen LogP contribution in [0.2, 0.25) is 0 Å². The zero-order chi connectivity index (χ0) is 12.4. The van der Waals surface area contributed by atoms with E-state index in [0.717, 1.165) is 17.1 Å². The molecule has 0 unspecified atom stereocenters. The van der Waals surface area contributed by atoms with Crippen LogP contribution in [0, 0.1) is 4.64 Å². The summed E-state index contributed by atoms with van der Waals surface area (Å²) < 4.78 is 0.607. The summed E-state index contributed by atoms with van der Waals surface area (Å²) in [7, 11) is 0. The minimum absolute atomic E-state index is 0.607. The molecule has 18 heavy (non-hydrogen) atoms. The molecule has 0 bridgehead atoms. The Hall–Kier alpha value is -1.78. The third kappa shape index (κ3) is 2.25. The van der Waals surface area contributed by atoms with Gasteiger partial charge in [0, 0.05) is 5.56 Å². The minimum Gasteiger partial charge on any atom is -0.338 e. The van der Waals surface area contributed by atoms with Crippen molar-refractivity contribution in [1.82, 2.24) is 9.97 Å². The normalized spacial score (nSPS) is 10.4. The second kappa shape index (κ2) is 4.84. The topological polar surface area (TPSA) is 28.7 Å². The van der Waals surface area contributed by atoms with Crippen LogP contribution in [0.15, 0.2) is 53.9 Å². The van der Waals surface area contributed by atoms with Gasteiger partial charge in [0.2, 0.25) is 0 Å². The highest BCUT2D eigenvalue weighted by Crippen LogP contribution is 2.24. The van der Waals surface area contributed by atoms with Gasteiger partial charge in [-0.05, 0) is 17.5 Å². The van der Waals surface area contributed by atoms with Crippen molar-refractivity contribution in [3.05, 3.63) is 58.6 Å². The first-order valence-corrected chi connectivity index (χ1v) is 6.82. The fourth-order valence-electron chi connectivity index (χ4n) is 1.75. The van der Waals surface area contributed by atoms with E-state index in [-0.39, 0.29) is 0 Å². The maximum Gasteiger partial charge on any atom is 0.139 e. The average Bonchev–Trinajstić information content (AvgIpc) is 2.93. The van der Waals surface area contributed by atoms with Gasteiger partial charge in [-0.3, -0.25) is 0 Å². The molecule has 2 heterocycles. The lowest BCUT2D eigenvalue weighted by Gasteiger charge is -2.04. The number of hydrogen-bond acceptors (Lipinski definition) is 3. The Balaban J connectivity index is 2.15. The van der Waals surface area contributed by atoms with E-state index in [2.05, 4.69) is 21.4 Å². The number of nitrogens with zero attached hydrogens (tertiary/aromatic N) is 1. The van der Waals surface area contributed by atoms with Gasteiger partial charge in [-0.15, -0.1) is 11.3 Å². The van der Waals surface area contributed by atoms with Crippen LogP contribution in [-0.2, 0) is 0 Å². The molecule has 0 radical (unpaired) electrons. The van der Waals surface area contributed by atoms with Gasteiger partial charge in [0.1, 0.15) is 10.5 Å². The van der Waals surface area contributed by atoms with E-state index in [9.17, 15) is 0 Å². The van der Waals surface area contributed by atoms with Gasteiger partial charge in [-0.1, -0.05) is 48.6 Å². The van der Waals surface area contributed by atoms with Crippen molar-refractivity contribution >= 4 is 23.6 Å². The molecule has 1 N–H and O–H groups in total. The Morgan fingerprint density at radius 1 is 1.06 bits per heavy atom. The number of thiophene rings is 1. The number of hydrogen-bond donors (Lipinski definition) is 1. The first-order valence-electron chi connectivity index (χ1n) is 5.53. The average molecular weight is 270 g/mol. The molecule has 3 rings (SSSR count). The second-order valence-electron chi connectivity index (χ2n) is 3.82. The molecule has 1 aromatic carbocycles. The maximum atomic E-state index is 5.23. The third-order valence-electron chi connectivity index (χ3n) is 2.58. The maximum absolute atomic E-state index is 5.23. The van der Waals surface area contributed by atoms with Crippen molar-refractivity contribution in [1.29, 1.82) is 0 Å². The summed E-state index contributed by atoms with van der Waals surface area (Å²) in [5.74, 6) is 0.812. The van der Waals surface area contributed by atoms with E-state index in [1.54, 1.807) is 11.3 Å². The van der Waals surface area contributed by atoms with Crippen molar-refractivity contribution in [2.45, 2.75) is 0 Å². The van der Waals surface area contributed by atoms with Gasteiger partial charge in [0.05, 0.1) is 10.6 Å². The molecule has 0 aliphatic rings. The van der Waals surface area contributed by atoms with E-state index in [1.165, 1.54) is 4.88 Å². The second-order valence-corrected chi connectivity index (χ2v) is 5.19. The molecule has 0 fully saturated rings. The van der Waals surface area contributed by atoms with Crippen molar-refractivity contribution in [3.63, 3.8) is 0 Å². The van der Waals surface area contributed by atoms with Gasteiger partial charge >= 0.3 is 0 Å². The van der Waals surface area contributed by atoms with Gasteiger partial charge < -0.3 is 4.98 Å². The summed E-state index contributed by atoms with van der Waals surface area (Å²) >= 11 is 6.92. The first kappa shape index (κ1) is 11.3. The fourth-order valence-corrected chi connectivity index (χ4v) is 2.66. The monoisotopic (exact) mass is 270 g/mol. The van der Waals surface area contributed by atoms with Crippen LogP contribution in [0.25, 0.3) is 22.0 Å². The highest BCUT2D eigenvalue weighted by Gasteiger charge is 2.04. The largest absolute Gasteiger partial charge is 0.338 e. The molecule has 4 heteroatoms. The summed E-state index contributed by atoms with van der Waals surface area (Å²) in [6.45, 7) is 0. The molecule has 2 aromatic heterocycles. The molecule has 88 valence electrons. The molecule has 0 saturated heterocycles. The molecule has 0 atom stereocenters. The molecular formula is C14H10N2S2. The van der Waals surface area contributed by atoms with E-state index < -0.39 is 0 Å². The van der Waals surface area contributed by atoms with Crippen LogP contribution < -0.4 is 0 Å². The van der Waals surface area contributed by atoms with Gasteiger partial charge in [-0.25, -0.2) is 4.98 Å².